The monoisotopic (exact) mass is 167 g/mol. The second-order valence-electron chi connectivity index (χ2n) is 5.85. The van der Waals surface area contributed by atoms with Gasteiger partial charge in [0.25, 0.3) is 0 Å². The topological polar surface area (TPSA) is 3.24 Å². The second-order valence-corrected chi connectivity index (χ2v) is 5.85. The standard InChI is InChI=1S/C11H21N/c1-11(2,3)10-5-8-6-12(4)7-9(8)10/h8-10H,5-7H2,1-4H3. The van der Waals surface area contributed by atoms with Crippen LogP contribution in [-0.4, -0.2) is 25.0 Å². The lowest BCUT2D eigenvalue weighted by Gasteiger charge is -2.47. The third kappa shape index (κ3) is 1.19. The Bertz CT molecular complexity index is 180. The predicted molar refractivity (Wildman–Crippen MR) is 52.0 cm³/mol. The number of hydrogen-bond acceptors (Lipinski definition) is 1. The lowest BCUT2D eigenvalue weighted by atomic mass is 9.57. The van der Waals surface area contributed by atoms with Gasteiger partial charge in [-0.2, -0.15) is 0 Å². The van der Waals surface area contributed by atoms with E-state index in [2.05, 4.69) is 32.7 Å². The molecule has 0 radical (unpaired) electrons. The summed E-state index contributed by atoms with van der Waals surface area (Å²) in [4.78, 5) is 2.50. The fourth-order valence-electron chi connectivity index (χ4n) is 3.13. The van der Waals surface area contributed by atoms with Crippen LogP contribution < -0.4 is 0 Å². The van der Waals surface area contributed by atoms with Gasteiger partial charge < -0.3 is 4.90 Å². The Morgan fingerprint density at radius 2 is 1.83 bits per heavy atom. The molecule has 0 aromatic heterocycles. The molecule has 3 atom stereocenters. The first kappa shape index (κ1) is 8.55. The maximum Gasteiger partial charge on any atom is 0.00127 e. The molecular formula is C11H21N. The van der Waals surface area contributed by atoms with E-state index in [9.17, 15) is 0 Å². The minimum atomic E-state index is 0.548. The largest absolute Gasteiger partial charge is 0.306 e. The first-order valence-electron chi connectivity index (χ1n) is 5.17. The van der Waals surface area contributed by atoms with Crippen LogP contribution in [0.25, 0.3) is 0 Å². The zero-order valence-corrected chi connectivity index (χ0v) is 8.80. The summed E-state index contributed by atoms with van der Waals surface area (Å²) < 4.78 is 0. The van der Waals surface area contributed by atoms with Crippen molar-refractivity contribution >= 4 is 0 Å². The van der Waals surface area contributed by atoms with Crippen LogP contribution in [0.2, 0.25) is 0 Å². The van der Waals surface area contributed by atoms with E-state index in [-0.39, 0.29) is 0 Å². The van der Waals surface area contributed by atoms with E-state index in [0.717, 1.165) is 17.8 Å². The van der Waals surface area contributed by atoms with Gasteiger partial charge in [-0.25, -0.2) is 0 Å². The molecule has 12 heavy (non-hydrogen) atoms. The average molecular weight is 167 g/mol. The van der Waals surface area contributed by atoms with Crippen LogP contribution in [-0.2, 0) is 0 Å². The molecule has 2 fully saturated rings. The molecule has 0 spiro atoms. The van der Waals surface area contributed by atoms with Crippen LogP contribution in [0.4, 0.5) is 0 Å². The molecule has 1 nitrogen and oxygen atoms in total. The van der Waals surface area contributed by atoms with E-state index < -0.39 is 0 Å². The number of nitrogens with zero attached hydrogens (tertiary/aromatic N) is 1. The maximum absolute atomic E-state index is 2.50. The van der Waals surface area contributed by atoms with Crippen molar-refractivity contribution in [3.05, 3.63) is 0 Å². The maximum atomic E-state index is 2.50. The molecule has 1 aliphatic heterocycles. The van der Waals surface area contributed by atoms with Gasteiger partial charge in [0.05, 0.1) is 0 Å². The van der Waals surface area contributed by atoms with Gasteiger partial charge in [-0.05, 0) is 36.6 Å². The van der Waals surface area contributed by atoms with Gasteiger partial charge in [0, 0.05) is 13.1 Å². The van der Waals surface area contributed by atoms with Crippen molar-refractivity contribution in [3.8, 4) is 0 Å². The van der Waals surface area contributed by atoms with Crippen LogP contribution in [0.5, 0.6) is 0 Å². The Kier molecular flexibility index (Phi) is 1.76. The van der Waals surface area contributed by atoms with Gasteiger partial charge in [0.15, 0.2) is 0 Å². The van der Waals surface area contributed by atoms with E-state index in [1.54, 1.807) is 0 Å². The molecule has 1 aliphatic carbocycles. The molecule has 0 aromatic rings. The highest BCUT2D eigenvalue weighted by atomic mass is 15.1. The van der Waals surface area contributed by atoms with E-state index in [0.29, 0.717) is 5.41 Å². The Hall–Kier alpha value is -0.0400. The van der Waals surface area contributed by atoms with Crippen molar-refractivity contribution < 1.29 is 0 Å². The lowest BCUT2D eigenvalue weighted by molar-refractivity contribution is 0.0221. The van der Waals surface area contributed by atoms with Gasteiger partial charge in [-0.15, -0.1) is 0 Å². The fraction of sp³-hybridized carbons (Fsp3) is 1.00. The van der Waals surface area contributed by atoms with Gasteiger partial charge in [0.2, 0.25) is 0 Å². The minimum absolute atomic E-state index is 0.548. The number of fused-ring (bicyclic) bond motifs is 1. The number of hydrogen-bond donors (Lipinski definition) is 0. The summed E-state index contributed by atoms with van der Waals surface area (Å²) in [5.41, 5.74) is 0.548. The van der Waals surface area contributed by atoms with Crippen molar-refractivity contribution in [2.75, 3.05) is 20.1 Å². The normalized spacial score (nSPS) is 42.5. The summed E-state index contributed by atoms with van der Waals surface area (Å²) in [6.45, 7) is 9.90. The van der Waals surface area contributed by atoms with Crippen LogP contribution >= 0.6 is 0 Å². The highest BCUT2D eigenvalue weighted by Gasteiger charge is 2.49. The third-order valence-electron chi connectivity index (χ3n) is 3.86. The summed E-state index contributed by atoms with van der Waals surface area (Å²) in [5, 5.41) is 0. The summed E-state index contributed by atoms with van der Waals surface area (Å²) >= 11 is 0. The van der Waals surface area contributed by atoms with Gasteiger partial charge in [0.1, 0.15) is 0 Å². The van der Waals surface area contributed by atoms with Gasteiger partial charge in [-0.3, -0.25) is 0 Å². The summed E-state index contributed by atoms with van der Waals surface area (Å²) in [7, 11) is 2.26. The molecule has 2 aliphatic rings. The predicted octanol–water partition coefficient (Wildman–Crippen LogP) is 2.23. The lowest BCUT2D eigenvalue weighted by Crippen LogP contribution is -2.43. The molecule has 2 rings (SSSR count). The molecule has 0 aromatic carbocycles. The smallest absolute Gasteiger partial charge is 0.00127 e. The summed E-state index contributed by atoms with van der Waals surface area (Å²) in [6.07, 6.45) is 1.48. The molecule has 1 heterocycles. The fourth-order valence-corrected chi connectivity index (χ4v) is 3.13. The minimum Gasteiger partial charge on any atom is -0.306 e. The van der Waals surface area contributed by atoms with Crippen molar-refractivity contribution in [2.24, 2.45) is 23.2 Å². The van der Waals surface area contributed by atoms with E-state index in [1.807, 2.05) is 0 Å². The molecular weight excluding hydrogens is 146 g/mol. The highest BCUT2D eigenvalue weighted by molar-refractivity contribution is 5.00. The Morgan fingerprint density at radius 3 is 2.33 bits per heavy atom. The zero-order chi connectivity index (χ0) is 8.93. The Labute approximate surface area is 76.1 Å². The molecule has 0 N–H and O–H groups in total. The third-order valence-corrected chi connectivity index (χ3v) is 3.86. The van der Waals surface area contributed by atoms with Crippen LogP contribution in [0.15, 0.2) is 0 Å². The first-order valence-corrected chi connectivity index (χ1v) is 5.17. The van der Waals surface area contributed by atoms with Crippen molar-refractivity contribution in [2.45, 2.75) is 27.2 Å². The van der Waals surface area contributed by atoms with Gasteiger partial charge >= 0.3 is 0 Å². The zero-order valence-electron chi connectivity index (χ0n) is 8.80. The SMILES string of the molecule is CN1CC2CC(C(C)(C)C)C2C1. The first-order chi connectivity index (χ1) is 5.48. The van der Waals surface area contributed by atoms with E-state index >= 15 is 0 Å². The molecule has 0 bridgehead atoms. The molecule has 3 unspecified atom stereocenters. The van der Waals surface area contributed by atoms with Crippen LogP contribution in [0.1, 0.15) is 27.2 Å². The molecule has 70 valence electrons. The summed E-state index contributed by atoms with van der Waals surface area (Å²) in [6, 6.07) is 0. The molecule has 0 amide bonds. The van der Waals surface area contributed by atoms with Crippen molar-refractivity contribution in [3.63, 3.8) is 0 Å². The Balaban J connectivity index is 2.00. The second kappa shape index (κ2) is 2.47. The Morgan fingerprint density at radius 1 is 1.17 bits per heavy atom. The summed E-state index contributed by atoms with van der Waals surface area (Å²) in [5.74, 6) is 3.06. The van der Waals surface area contributed by atoms with Crippen molar-refractivity contribution in [1.82, 2.24) is 4.90 Å². The number of rotatable bonds is 0. The van der Waals surface area contributed by atoms with Crippen molar-refractivity contribution in [1.29, 1.82) is 0 Å². The van der Waals surface area contributed by atoms with Crippen LogP contribution in [0, 0.1) is 23.2 Å². The molecule has 1 saturated carbocycles. The van der Waals surface area contributed by atoms with Crippen LogP contribution in [0.3, 0.4) is 0 Å². The number of likely N-dealkylation sites (tertiary alicyclic amines) is 1. The molecule has 1 heteroatoms. The molecule has 1 saturated heterocycles. The van der Waals surface area contributed by atoms with E-state index in [1.165, 1.54) is 19.5 Å². The quantitative estimate of drug-likeness (QED) is 0.535. The van der Waals surface area contributed by atoms with E-state index in [4.69, 9.17) is 0 Å². The average Bonchev–Trinajstić information content (AvgIpc) is 2.11. The van der Waals surface area contributed by atoms with Gasteiger partial charge in [-0.1, -0.05) is 20.8 Å². The highest BCUT2D eigenvalue weighted by Crippen LogP contribution is 2.52.